The summed E-state index contributed by atoms with van der Waals surface area (Å²) in [6.45, 7) is 4.27. The van der Waals surface area contributed by atoms with Crippen molar-refractivity contribution in [3.8, 4) is 0 Å². The highest BCUT2D eigenvalue weighted by atomic mass is 15.0. The lowest BCUT2D eigenvalue weighted by Gasteiger charge is -2.21. The third-order valence-corrected chi connectivity index (χ3v) is 4.95. The number of nitrogens with one attached hydrogen (secondary N) is 2. The van der Waals surface area contributed by atoms with Crippen molar-refractivity contribution in [1.82, 2.24) is 10.3 Å². The predicted octanol–water partition coefficient (Wildman–Crippen LogP) is 2.06. The highest BCUT2D eigenvalue weighted by Crippen LogP contribution is 2.24. The van der Waals surface area contributed by atoms with Crippen LogP contribution in [0, 0.1) is 0 Å². The number of hydrogen-bond acceptors (Lipinski definition) is 3. The molecule has 2 N–H and O–H groups in total. The van der Waals surface area contributed by atoms with E-state index >= 15 is 0 Å². The predicted molar refractivity (Wildman–Crippen MR) is 107 cm³/mol. The molecule has 2 unspecified atom stereocenters. The van der Waals surface area contributed by atoms with Crippen molar-refractivity contribution >= 4 is 23.6 Å². The molecule has 0 aromatic carbocycles. The molecular weight excluding hydrogens is 320 g/mol. The van der Waals surface area contributed by atoms with Crippen molar-refractivity contribution in [3.05, 3.63) is 82.3 Å². The van der Waals surface area contributed by atoms with Gasteiger partial charge in [-0.05, 0) is 74.1 Å². The van der Waals surface area contributed by atoms with Crippen LogP contribution in [-0.4, -0.2) is 28.0 Å². The van der Waals surface area contributed by atoms with Crippen LogP contribution in [0.15, 0.2) is 81.6 Å². The molecule has 0 spiro atoms. The Morgan fingerprint density at radius 2 is 1.85 bits per heavy atom. The molecule has 4 heteroatoms. The first-order chi connectivity index (χ1) is 12.5. The van der Waals surface area contributed by atoms with Crippen molar-refractivity contribution in [2.45, 2.75) is 25.4 Å². The molecule has 5 heterocycles. The van der Waals surface area contributed by atoms with Gasteiger partial charge in [-0.15, -0.1) is 0 Å². The SMILES string of the molecule is CC1=CC2=CC3C=CC(C)(C=C4C=CC(=N4)C=c4ccc([nH]4)=CC1=N2)N3. The Kier molecular flexibility index (Phi) is 3.24. The van der Waals surface area contributed by atoms with Gasteiger partial charge in [0.25, 0.3) is 0 Å². The van der Waals surface area contributed by atoms with Crippen LogP contribution >= 0.6 is 0 Å². The smallest absolute Gasteiger partial charge is 0.0687 e. The largest absolute Gasteiger partial charge is 0.355 e. The number of aromatic amines is 1. The summed E-state index contributed by atoms with van der Waals surface area (Å²) in [6, 6.07) is 4.30. The molecule has 128 valence electrons. The van der Waals surface area contributed by atoms with E-state index in [4.69, 9.17) is 9.98 Å². The molecular formula is C22H20N4. The van der Waals surface area contributed by atoms with Crippen LogP contribution in [0.1, 0.15) is 13.8 Å². The number of hydrogen-bond donors (Lipinski definition) is 2. The zero-order valence-electron chi connectivity index (χ0n) is 14.8. The van der Waals surface area contributed by atoms with Gasteiger partial charge in [0.1, 0.15) is 0 Å². The molecule has 1 aromatic rings. The quantitative estimate of drug-likeness (QED) is 0.698. The third kappa shape index (κ3) is 2.78. The number of aromatic nitrogens is 1. The van der Waals surface area contributed by atoms with Crippen molar-refractivity contribution < 1.29 is 0 Å². The van der Waals surface area contributed by atoms with Crippen LogP contribution in [0.25, 0.3) is 12.2 Å². The van der Waals surface area contributed by atoms with Gasteiger partial charge >= 0.3 is 0 Å². The minimum atomic E-state index is -0.215. The van der Waals surface area contributed by atoms with Gasteiger partial charge in [0, 0.05) is 16.7 Å². The zero-order chi connectivity index (χ0) is 17.7. The molecule has 5 rings (SSSR count). The Bertz CT molecular complexity index is 1130. The van der Waals surface area contributed by atoms with Gasteiger partial charge in [0.15, 0.2) is 0 Å². The van der Waals surface area contributed by atoms with Gasteiger partial charge in [-0.1, -0.05) is 12.2 Å². The summed E-state index contributed by atoms with van der Waals surface area (Å²) in [6.07, 6.45) is 19.1. The van der Waals surface area contributed by atoms with E-state index in [1.54, 1.807) is 0 Å². The molecule has 26 heavy (non-hydrogen) atoms. The van der Waals surface area contributed by atoms with Gasteiger partial charge in [-0.3, -0.25) is 5.32 Å². The fourth-order valence-corrected chi connectivity index (χ4v) is 3.68. The number of aliphatic imine (C=N–C) groups is 2. The van der Waals surface area contributed by atoms with Crippen LogP contribution in [-0.2, 0) is 0 Å². The average Bonchev–Trinajstić information content (AvgIpc) is 3.33. The molecule has 0 fully saturated rings. The molecule has 8 bridgehead atoms. The molecule has 0 aliphatic carbocycles. The Balaban J connectivity index is 1.68. The van der Waals surface area contributed by atoms with Crippen LogP contribution in [0.2, 0.25) is 0 Å². The van der Waals surface area contributed by atoms with Crippen molar-refractivity contribution in [2.24, 2.45) is 9.98 Å². The summed E-state index contributed by atoms with van der Waals surface area (Å²) in [5.74, 6) is 0. The van der Waals surface area contributed by atoms with Crippen LogP contribution in [0.5, 0.6) is 0 Å². The number of fused-ring (bicyclic) bond motifs is 6. The van der Waals surface area contributed by atoms with E-state index in [2.05, 4.69) is 91.0 Å². The minimum absolute atomic E-state index is 0.157. The Hall–Kier alpha value is -2.98. The summed E-state index contributed by atoms with van der Waals surface area (Å²) >= 11 is 0. The summed E-state index contributed by atoms with van der Waals surface area (Å²) in [7, 11) is 0. The Labute approximate surface area is 152 Å². The first kappa shape index (κ1) is 15.3. The molecule has 4 aliphatic rings. The highest BCUT2D eigenvalue weighted by molar-refractivity contribution is 6.22. The van der Waals surface area contributed by atoms with E-state index in [0.29, 0.717) is 0 Å². The first-order valence-electron chi connectivity index (χ1n) is 8.89. The number of nitrogens with zero attached hydrogens (tertiary/aromatic N) is 2. The van der Waals surface area contributed by atoms with Gasteiger partial charge in [0.2, 0.25) is 0 Å². The van der Waals surface area contributed by atoms with Gasteiger partial charge in [-0.2, -0.15) is 0 Å². The number of rotatable bonds is 0. The first-order valence-corrected chi connectivity index (χ1v) is 8.89. The lowest BCUT2D eigenvalue weighted by Crippen LogP contribution is -2.39. The zero-order valence-corrected chi connectivity index (χ0v) is 14.8. The molecule has 0 amide bonds. The molecule has 1 aromatic heterocycles. The standard InChI is InChI=1S/C22H20N4/c1-14-9-20-11-18-7-8-22(2,26-18)13-19-6-5-16(24-19)10-15-3-4-17(23-15)12-21(14)25-20/h3-13,18,23,26H,1-2H3. The fourth-order valence-electron chi connectivity index (χ4n) is 3.68. The van der Waals surface area contributed by atoms with Gasteiger partial charge in [-0.25, -0.2) is 9.98 Å². The van der Waals surface area contributed by atoms with Crippen molar-refractivity contribution in [1.29, 1.82) is 0 Å². The number of H-pyrrole nitrogens is 1. The molecule has 2 atom stereocenters. The maximum atomic E-state index is 4.79. The maximum absolute atomic E-state index is 4.79. The van der Waals surface area contributed by atoms with E-state index in [0.717, 1.165) is 33.5 Å². The second-order valence-electron chi connectivity index (χ2n) is 7.32. The van der Waals surface area contributed by atoms with Crippen LogP contribution < -0.4 is 16.0 Å². The Morgan fingerprint density at radius 3 is 2.73 bits per heavy atom. The van der Waals surface area contributed by atoms with Gasteiger partial charge in [0.05, 0.1) is 28.4 Å². The average molecular weight is 340 g/mol. The van der Waals surface area contributed by atoms with Crippen LogP contribution in [0.3, 0.4) is 0 Å². The van der Waals surface area contributed by atoms with E-state index in [1.807, 2.05) is 0 Å². The van der Waals surface area contributed by atoms with Crippen LogP contribution in [0.4, 0.5) is 0 Å². The maximum Gasteiger partial charge on any atom is 0.0687 e. The number of allylic oxidation sites excluding steroid dienone is 4. The lowest BCUT2D eigenvalue weighted by molar-refractivity contribution is 0.548. The van der Waals surface area contributed by atoms with E-state index < -0.39 is 0 Å². The normalized spacial score (nSPS) is 28.7. The van der Waals surface area contributed by atoms with E-state index in [1.165, 1.54) is 5.57 Å². The molecule has 0 saturated carbocycles. The van der Waals surface area contributed by atoms with E-state index in [9.17, 15) is 0 Å². The van der Waals surface area contributed by atoms with E-state index in [-0.39, 0.29) is 11.6 Å². The topological polar surface area (TPSA) is 52.5 Å². The summed E-state index contributed by atoms with van der Waals surface area (Å²) in [4.78, 5) is 12.9. The molecule has 4 nitrogen and oxygen atoms in total. The molecule has 0 radical (unpaired) electrons. The fraction of sp³-hybridized carbons (Fsp3) is 0.182. The molecule has 4 aliphatic heterocycles. The monoisotopic (exact) mass is 340 g/mol. The van der Waals surface area contributed by atoms with Gasteiger partial charge < -0.3 is 4.98 Å². The molecule has 0 saturated heterocycles. The van der Waals surface area contributed by atoms with Crippen molar-refractivity contribution in [3.63, 3.8) is 0 Å². The summed E-state index contributed by atoms with van der Waals surface area (Å²) < 4.78 is 0. The lowest BCUT2D eigenvalue weighted by atomic mass is 10.0. The summed E-state index contributed by atoms with van der Waals surface area (Å²) in [5, 5.41) is 5.72. The second kappa shape index (κ2) is 5.51. The minimum Gasteiger partial charge on any atom is -0.355 e. The third-order valence-electron chi connectivity index (χ3n) is 4.95. The van der Waals surface area contributed by atoms with Crippen molar-refractivity contribution in [2.75, 3.05) is 0 Å². The highest BCUT2D eigenvalue weighted by Gasteiger charge is 2.27. The summed E-state index contributed by atoms with van der Waals surface area (Å²) in [5.41, 5.74) is 4.90. The Morgan fingerprint density at radius 1 is 1.00 bits per heavy atom. The second-order valence-corrected chi connectivity index (χ2v) is 7.32.